The van der Waals surface area contributed by atoms with Crippen LogP contribution >= 0.6 is 0 Å². The van der Waals surface area contributed by atoms with Gasteiger partial charge in [-0.2, -0.15) is 0 Å². The summed E-state index contributed by atoms with van der Waals surface area (Å²) in [6, 6.07) is -1.03. The van der Waals surface area contributed by atoms with Crippen molar-refractivity contribution in [3.63, 3.8) is 0 Å². The number of aliphatic hydroxyl groups excluding tert-OH is 5. The highest BCUT2D eigenvalue weighted by molar-refractivity contribution is 5.80. The van der Waals surface area contributed by atoms with Gasteiger partial charge >= 0.3 is 5.97 Å². The molecule has 8 atom stereocenters. The van der Waals surface area contributed by atoms with Crippen molar-refractivity contribution < 1.29 is 49.3 Å². The van der Waals surface area contributed by atoms with Crippen molar-refractivity contribution in [1.29, 1.82) is 0 Å². The summed E-state index contributed by atoms with van der Waals surface area (Å²) in [7, 11) is 0. The molecule has 1 amide bonds. The van der Waals surface area contributed by atoms with E-state index in [2.05, 4.69) is 86.8 Å². The fourth-order valence-electron chi connectivity index (χ4n) is 8.91. The van der Waals surface area contributed by atoms with E-state index in [-0.39, 0.29) is 13.0 Å². The van der Waals surface area contributed by atoms with Crippen LogP contribution in [0.2, 0.25) is 0 Å². The molecule has 11 nitrogen and oxygen atoms in total. The molecule has 1 aliphatic heterocycles. The van der Waals surface area contributed by atoms with Gasteiger partial charge in [-0.15, -0.1) is 0 Å². The van der Waals surface area contributed by atoms with Gasteiger partial charge in [0.15, 0.2) is 12.4 Å². The van der Waals surface area contributed by atoms with Crippen molar-refractivity contribution in [3.8, 4) is 0 Å². The van der Waals surface area contributed by atoms with Gasteiger partial charge in [-0.05, 0) is 70.6 Å². The minimum absolute atomic E-state index is 0.0997. The van der Waals surface area contributed by atoms with Crippen LogP contribution < -0.4 is 5.32 Å². The zero-order chi connectivity index (χ0) is 53.3. The van der Waals surface area contributed by atoms with Crippen LogP contribution in [0.25, 0.3) is 0 Å². The average Bonchev–Trinajstić information content (AvgIpc) is 3.39. The number of rotatable bonds is 49. The quantitative estimate of drug-likeness (QED) is 0.0195. The predicted molar refractivity (Wildman–Crippen MR) is 301 cm³/mol. The molecule has 0 aromatic heterocycles. The molecule has 422 valence electrons. The Labute approximate surface area is 445 Å². The van der Waals surface area contributed by atoms with Crippen LogP contribution in [-0.4, -0.2) is 99.6 Å². The summed E-state index contributed by atoms with van der Waals surface area (Å²) in [5, 5.41) is 56.8. The van der Waals surface area contributed by atoms with Crippen LogP contribution in [0.4, 0.5) is 0 Å². The molecule has 73 heavy (non-hydrogen) atoms. The molecule has 0 spiro atoms. The Morgan fingerprint density at radius 2 is 0.986 bits per heavy atom. The topological polar surface area (TPSA) is 175 Å². The minimum atomic E-state index is -1.62. The molecule has 1 heterocycles. The van der Waals surface area contributed by atoms with E-state index < -0.39 is 67.4 Å². The van der Waals surface area contributed by atoms with E-state index in [1.807, 2.05) is 6.08 Å². The van der Waals surface area contributed by atoms with Gasteiger partial charge in [0.1, 0.15) is 24.4 Å². The second kappa shape index (κ2) is 49.9. The smallest absolute Gasteiger partial charge is 0.306 e. The van der Waals surface area contributed by atoms with Gasteiger partial charge in [-0.25, -0.2) is 0 Å². The summed E-state index contributed by atoms with van der Waals surface area (Å²) in [5.74, 6) is -1.21. The van der Waals surface area contributed by atoms with Crippen LogP contribution in [0.1, 0.15) is 245 Å². The molecule has 0 aliphatic carbocycles. The molecule has 0 aromatic carbocycles. The molecule has 8 unspecified atom stereocenters. The van der Waals surface area contributed by atoms with Crippen LogP contribution in [0.3, 0.4) is 0 Å². The maximum atomic E-state index is 13.4. The third-order valence-electron chi connectivity index (χ3n) is 13.6. The summed E-state index contributed by atoms with van der Waals surface area (Å²) in [6.45, 7) is 5.64. The van der Waals surface area contributed by atoms with Crippen molar-refractivity contribution in [2.75, 3.05) is 13.2 Å². The Bertz CT molecular complexity index is 1460. The van der Waals surface area contributed by atoms with E-state index in [9.17, 15) is 35.1 Å². The molecule has 11 heteroatoms. The monoisotopic (exact) mass is 1030 g/mol. The highest BCUT2D eigenvalue weighted by Crippen LogP contribution is 2.26. The molecule has 0 bridgehead atoms. The number of carbonyl (C=O) groups is 2. The Kier molecular flexibility index (Phi) is 46.6. The number of allylic oxidation sites excluding steroid dienone is 11. The maximum Gasteiger partial charge on any atom is 0.306 e. The second-order valence-electron chi connectivity index (χ2n) is 20.4. The van der Waals surface area contributed by atoms with Gasteiger partial charge in [0, 0.05) is 6.42 Å². The Hall–Kier alpha value is -2.90. The van der Waals surface area contributed by atoms with Crippen molar-refractivity contribution in [1.82, 2.24) is 5.32 Å². The van der Waals surface area contributed by atoms with Crippen LogP contribution in [0.5, 0.6) is 0 Å². The molecule has 6 N–H and O–H groups in total. The largest absolute Gasteiger partial charge is 0.454 e. The first-order chi connectivity index (χ1) is 35.7. The molecule has 0 aromatic rings. The van der Waals surface area contributed by atoms with Gasteiger partial charge in [0.2, 0.25) is 5.91 Å². The molecular formula is C62H109NO10. The maximum absolute atomic E-state index is 13.4. The molecule has 1 rings (SSSR count). The third kappa shape index (κ3) is 38.3. The standard InChI is InChI=1S/C62H109NO10/c1-4-7-10-13-16-19-22-24-25-26-27-28-29-30-31-32-35-38-41-44-47-50-57(67)73-60-59(69)58(68)56(51-64)72-62(60)71-52-53(54(65)48-45-42-39-36-33-21-18-15-12-9-6-3)63-61(70)55(66)49-46-43-40-37-34-23-20-17-14-11-8-5-2/h7,10,16,19,24-25,27-28,30-31,45,48,53-56,58-60,62,64-66,68-69H,4-6,8-9,11-15,17-18,20-23,26,29,32-44,46-47,49-52H2,1-3H3,(H,63,70)/b10-7-,19-16-,25-24-,28-27-,31-30-,48-45+. The number of unbranched alkanes of at least 4 members (excludes halogenated alkanes) is 25. The Morgan fingerprint density at radius 3 is 1.48 bits per heavy atom. The number of amides is 1. The lowest BCUT2D eigenvalue weighted by molar-refractivity contribution is -0.305. The fraction of sp³-hybridized carbons (Fsp3) is 0.774. The van der Waals surface area contributed by atoms with Gasteiger partial charge in [0.25, 0.3) is 0 Å². The van der Waals surface area contributed by atoms with E-state index in [0.29, 0.717) is 19.3 Å². The number of carbonyl (C=O) groups excluding carboxylic acids is 2. The van der Waals surface area contributed by atoms with Crippen LogP contribution in [0, 0.1) is 0 Å². The molecule has 1 saturated heterocycles. The lowest BCUT2D eigenvalue weighted by atomic mass is 9.99. The summed E-state index contributed by atoms with van der Waals surface area (Å²) in [4.78, 5) is 26.5. The van der Waals surface area contributed by atoms with E-state index in [0.717, 1.165) is 103 Å². The number of nitrogens with one attached hydrogen (secondary N) is 1. The normalized spacial score (nSPS) is 19.9. The van der Waals surface area contributed by atoms with Gasteiger partial charge in [0.05, 0.1) is 25.4 Å². The highest BCUT2D eigenvalue weighted by Gasteiger charge is 2.47. The first-order valence-electron chi connectivity index (χ1n) is 29.7. The van der Waals surface area contributed by atoms with Gasteiger partial charge < -0.3 is 45.1 Å². The predicted octanol–water partition coefficient (Wildman–Crippen LogP) is 13.6. The lowest BCUT2D eigenvalue weighted by Crippen LogP contribution is -2.61. The van der Waals surface area contributed by atoms with Crippen molar-refractivity contribution in [2.24, 2.45) is 0 Å². The highest BCUT2D eigenvalue weighted by atomic mass is 16.7. The van der Waals surface area contributed by atoms with E-state index in [4.69, 9.17) is 14.2 Å². The molecule has 0 saturated carbocycles. The molecule has 1 aliphatic rings. The van der Waals surface area contributed by atoms with E-state index in [1.165, 1.54) is 96.3 Å². The lowest BCUT2D eigenvalue weighted by Gasteiger charge is -2.41. The zero-order valence-corrected chi connectivity index (χ0v) is 46.5. The summed E-state index contributed by atoms with van der Waals surface area (Å²) < 4.78 is 17.6. The molecular weight excluding hydrogens is 919 g/mol. The van der Waals surface area contributed by atoms with Crippen LogP contribution in [-0.2, 0) is 23.8 Å². The summed E-state index contributed by atoms with van der Waals surface area (Å²) in [6.07, 6.45) is 52.3. The first-order valence-corrected chi connectivity index (χ1v) is 29.7. The zero-order valence-electron chi connectivity index (χ0n) is 46.5. The molecule has 1 fully saturated rings. The van der Waals surface area contributed by atoms with Gasteiger partial charge in [-0.3, -0.25) is 9.59 Å². The number of esters is 1. The van der Waals surface area contributed by atoms with E-state index in [1.54, 1.807) is 6.08 Å². The summed E-state index contributed by atoms with van der Waals surface area (Å²) >= 11 is 0. The number of hydrogen-bond donors (Lipinski definition) is 6. The second-order valence-corrected chi connectivity index (χ2v) is 20.4. The number of ether oxygens (including phenoxy) is 3. The van der Waals surface area contributed by atoms with E-state index >= 15 is 0 Å². The minimum Gasteiger partial charge on any atom is -0.454 e. The number of hydrogen-bond acceptors (Lipinski definition) is 10. The SMILES string of the molecule is CC/C=C\C/C=C\C/C=C\C/C=C\C/C=C\CCCCCCCC(=O)OC1C(OCC(NC(=O)C(O)CCCCCCCCCCCCCC)C(O)/C=C/CCCCCCCCCCC)OC(CO)C(O)C1O. The Morgan fingerprint density at radius 1 is 0.548 bits per heavy atom. The molecule has 0 radical (unpaired) electrons. The third-order valence-corrected chi connectivity index (χ3v) is 13.6. The van der Waals surface area contributed by atoms with Crippen molar-refractivity contribution >= 4 is 11.9 Å². The Balaban J connectivity index is 2.68. The first kappa shape index (κ1) is 68.1. The number of aliphatic hydroxyl groups is 5. The van der Waals surface area contributed by atoms with Gasteiger partial charge in [-0.1, -0.05) is 241 Å². The van der Waals surface area contributed by atoms with Crippen molar-refractivity contribution in [3.05, 3.63) is 72.9 Å². The fourth-order valence-corrected chi connectivity index (χ4v) is 8.91. The van der Waals surface area contributed by atoms with Crippen molar-refractivity contribution in [2.45, 2.75) is 294 Å². The summed E-state index contributed by atoms with van der Waals surface area (Å²) in [5.41, 5.74) is 0. The average molecular weight is 1030 g/mol. The van der Waals surface area contributed by atoms with Crippen LogP contribution in [0.15, 0.2) is 72.9 Å².